The first kappa shape index (κ1) is 31.5. The van der Waals surface area contributed by atoms with Crippen LogP contribution in [0.2, 0.25) is 0 Å². The number of fused-ring (bicyclic) bond motifs is 10. The minimum absolute atomic E-state index is 0.0452. The van der Waals surface area contributed by atoms with Crippen molar-refractivity contribution >= 4 is 83.8 Å². The van der Waals surface area contributed by atoms with E-state index in [2.05, 4.69) is 182 Å². The molecular weight excluding hydrogens is 705 g/mol. The van der Waals surface area contributed by atoms with Crippen molar-refractivity contribution in [2.24, 2.45) is 0 Å². The van der Waals surface area contributed by atoms with Gasteiger partial charge in [0.25, 0.3) is 6.71 Å². The summed E-state index contributed by atoms with van der Waals surface area (Å²) >= 11 is 0. The number of rotatable bonds is 4. The van der Waals surface area contributed by atoms with Gasteiger partial charge < -0.3 is 14.0 Å². The molecule has 0 radical (unpaired) electrons. The second-order valence-electron chi connectivity index (χ2n) is 15.4. The highest BCUT2D eigenvalue weighted by atomic mass is 15.2. The zero-order valence-electron chi connectivity index (χ0n) is 31.3. The number of hydrogen-bond acceptors (Lipinski definition) is 3. The Kier molecular flexibility index (Phi) is 6.47. The van der Waals surface area contributed by atoms with Gasteiger partial charge in [-0.05, 0) is 88.2 Å². The standard InChI is InChI=1S/C52H32BN5/c1-2-13-37(14-3-1)56-46-20-7-5-17-43(46)53-44-18-8-16-42-41-24-22-34(36-12-10-26-55-32-36)28-48(41)58(52(42)44)50-30-38(29-49(56)51(50)53)57-45-19-6-4-15-39(45)40-23-21-33(27-47(40)57)35-11-9-25-54-31-35/h1-32H. The summed E-state index contributed by atoms with van der Waals surface area (Å²) in [6, 6.07) is 62.5. The molecule has 0 bridgehead atoms. The lowest BCUT2D eigenvalue weighted by molar-refractivity contribution is 1.13. The van der Waals surface area contributed by atoms with Crippen LogP contribution in [0.15, 0.2) is 195 Å². The highest BCUT2D eigenvalue weighted by Crippen LogP contribution is 2.44. The van der Waals surface area contributed by atoms with Crippen LogP contribution in [0, 0.1) is 0 Å². The van der Waals surface area contributed by atoms with Crippen molar-refractivity contribution in [2.75, 3.05) is 4.90 Å². The minimum Gasteiger partial charge on any atom is -0.311 e. The fraction of sp³-hybridized carbons (Fsp3) is 0. The topological polar surface area (TPSA) is 38.9 Å². The Morgan fingerprint density at radius 2 is 1.00 bits per heavy atom. The Hall–Kier alpha value is -7.70. The van der Waals surface area contributed by atoms with E-state index in [0.717, 1.165) is 39.1 Å². The summed E-state index contributed by atoms with van der Waals surface area (Å²) in [7, 11) is 0. The highest BCUT2D eigenvalue weighted by molar-refractivity contribution is 7.00. The van der Waals surface area contributed by atoms with E-state index in [1.807, 2.05) is 36.9 Å². The second kappa shape index (κ2) is 11.9. The first-order chi connectivity index (χ1) is 28.8. The van der Waals surface area contributed by atoms with Crippen LogP contribution in [0.3, 0.4) is 0 Å². The monoisotopic (exact) mass is 737 g/mol. The van der Waals surface area contributed by atoms with Gasteiger partial charge in [-0.15, -0.1) is 0 Å². The van der Waals surface area contributed by atoms with Gasteiger partial charge in [-0.1, -0.05) is 109 Å². The van der Waals surface area contributed by atoms with Gasteiger partial charge in [0.15, 0.2) is 0 Å². The van der Waals surface area contributed by atoms with Gasteiger partial charge in [-0.25, -0.2) is 0 Å². The maximum Gasteiger partial charge on any atom is 0.252 e. The van der Waals surface area contributed by atoms with Gasteiger partial charge in [0.2, 0.25) is 0 Å². The zero-order valence-corrected chi connectivity index (χ0v) is 31.3. The van der Waals surface area contributed by atoms with Crippen molar-refractivity contribution < 1.29 is 0 Å². The van der Waals surface area contributed by atoms with E-state index in [-0.39, 0.29) is 6.71 Å². The number of anilines is 3. The third-order valence-corrected chi connectivity index (χ3v) is 12.4. The van der Waals surface area contributed by atoms with Gasteiger partial charge in [-0.3, -0.25) is 9.97 Å². The highest BCUT2D eigenvalue weighted by Gasteiger charge is 2.42. The number of pyridine rings is 2. The van der Waals surface area contributed by atoms with E-state index >= 15 is 0 Å². The zero-order chi connectivity index (χ0) is 37.9. The minimum atomic E-state index is 0.0452. The van der Waals surface area contributed by atoms with Crippen molar-refractivity contribution in [3.63, 3.8) is 0 Å². The van der Waals surface area contributed by atoms with Crippen LogP contribution >= 0.6 is 0 Å². The molecule has 7 aromatic carbocycles. The molecule has 11 aromatic rings. The van der Waals surface area contributed by atoms with Crippen LogP contribution in [-0.2, 0) is 0 Å². The molecule has 58 heavy (non-hydrogen) atoms. The van der Waals surface area contributed by atoms with Crippen molar-refractivity contribution in [2.45, 2.75) is 0 Å². The Morgan fingerprint density at radius 1 is 0.379 bits per heavy atom. The molecule has 268 valence electrons. The Balaban J connectivity index is 1.19. The number of hydrogen-bond donors (Lipinski definition) is 0. The molecule has 0 atom stereocenters. The number of benzene rings is 7. The largest absolute Gasteiger partial charge is 0.311 e. The van der Waals surface area contributed by atoms with Gasteiger partial charge in [0.05, 0.1) is 22.2 Å². The smallest absolute Gasteiger partial charge is 0.252 e. The van der Waals surface area contributed by atoms with Gasteiger partial charge in [0.1, 0.15) is 0 Å². The van der Waals surface area contributed by atoms with Crippen molar-refractivity contribution in [1.29, 1.82) is 0 Å². The van der Waals surface area contributed by atoms with Crippen LogP contribution < -0.4 is 21.3 Å². The Bertz CT molecular complexity index is 3460. The number of aromatic nitrogens is 4. The average Bonchev–Trinajstić information content (AvgIpc) is 3.81. The summed E-state index contributed by atoms with van der Waals surface area (Å²) in [5.74, 6) is 0. The fourth-order valence-corrected chi connectivity index (χ4v) is 10.1. The lowest BCUT2D eigenvalue weighted by atomic mass is 9.34. The normalized spacial score (nSPS) is 12.8. The van der Waals surface area contributed by atoms with E-state index in [4.69, 9.17) is 0 Å². The van der Waals surface area contributed by atoms with Crippen LogP contribution in [0.25, 0.3) is 77.2 Å². The molecule has 0 aliphatic carbocycles. The molecule has 0 spiro atoms. The molecule has 2 aliphatic rings. The molecule has 4 aromatic heterocycles. The van der Waals surface area contributed by atoms with E-state index in [1.165, 1.54) is 71.5 Å². The van der Waals surface area contributed by atoms with Gasteiger partial charge in [-0.2, -0.15) is 0 Å². The van der Waals surface area contributed by atoms with Crippen LogP contribution in [-0.4, -0.2) is 25.8 Å². The van der Waals surface area contributed by atoms with E-state index < -0.39 is 0 Å². The van der Waals surface area contributed by atoms with Crippen molar-refractivity contribution in [3.05, 3.63) is 195 Å². The molecular formula is C52H32BN5. The number of nitrogens with zero attached hydrogens (tertiary/aromatic N) is 5. The molecule has 0 unspecified atom stereocenters. The molecule has 5 nitrogen and oxygen atoms in total. The van der Waals surface area contributed by atoms with Crippen LogP contribution in [0.4, 0.5) is 17.1 Å². The molecule has 0 fully saturated rings. The lowest BCUT2D eigenvalue weighted by Crippen LogP contribution is -2.60. The molecule has 0 saturated heterocycles. The third kappa shape index (κ3) is 4.31. The summed E-state index contributed by atoms with van der Waals surface area (Å²) in [5, 5.41) is 4.96. The lowest BCUT2D eigenvalue weighted by Gasteiger charge is -2.40. The molecule has 0 N–H and O–H groups in total. The molecule has 13 rings (SSSR count). The molecule has 6 heterocycles. The first-order valence-corrected chi connectivity index (χ1v) is 19.8. The number of para-hydroxylation sites is 4. The second-order valence-corrected chi connectivity index (χ2v) is 15.4. The van der Waals surface area contributed by atoms with E-state index in [9.17, 15) is 0 Å². The van der Waals surface area contributed by atoms with Crippen LogP contribution in [0.5, 0.6) is 0 Å². The Labute approximate surface area is 334 Å². The predicted molar refractivity (Wildman–Crippen MR) is 241 cm³/mol. The summed E-state index contributed by atoms with van der Waals surface area (Å²) in [5.41, 5.74) is 19.1. The third-order valence-electron chi connectivity index (χ3n) is 12.4. The SMILES string of the molecule is c1ccc(N2c3ccccc3B3c4c2cc(-n2c5ccccc5c5ccc(-c6cccnc6)cc52)cc4-n2c4cc(-c5cccnc5)ccc4c4cccc3c42)cc1. The van der Waals surface area contributed by atoms with Gasteiger partial charge >= 0.3 is 0 Å². The quantitative estimate of drug-likeness (QED) is 0.169. The predicted octanol–water partition coefficient (Wildman–Crippen LogP) is 10.6. The van der Waals surface area contributed by atoms with E-state index in [0.29, 0.717) is 0 Å². The van der Waals surface area contributed by atoms with Gasteiger partial charge in [0, 0.05) is 85.7 Å². The van der Waals surface area contributed by atoms with Crippen molar-refractivity contribution in [3.8, 4) is 33.6 Å². The average molecular weight is 738 g/mol. The fourth-order valence-electron chi connectivity index (χ4n) is 10.1. The van der Waals surface area contributed by atoms with E-state index in [1.54, 1.807) is 0 Å². The summed E-state index contributed by atoms with van der Waals surface area (Å²) in [6.45, 7) is 0.0452. The summed E-state index contributed by atoms with van der Waals surface area (Å²) in [4.78, 5) is 11.4. The van der Waals surface area contributed by atoms with Crippen molar-refractivity contribution in [1.82, 2.24) is 19.1 Å². The molecule has 2 aliphatic heterocycles. The van der Waals surface area contributed by atoms with Crippen LogP contribution in [0.1, 0.15) is 0 Å². The molecule has 6 heteroatoms. The summed E-state index contributed by atoms with van der Waals surface area (Å²) < 4.78 is 5.04. The maximum atomic E-state index is 4.48. The molecule has 0 amide bonds. The molecule has 0 saturated carbocycles. The summed E-state index contributed by atoms with van der Waals surface area (Å²) in [6.07, 6.45) is 7.58. The maximum absolute atomic E-state index is 4.48. The Morgan fingerprint density at radius 3 is 1.76 bits per heavy atom. The first-order valence-electron chi connectivity index (χ1n) is 19.8.